The van der Waals surface area contributed by atoms with Crippen LogP contribution in [0.4, 0.5) is 0 Å². The molecule has 0 saturated carbocycles. The molecule has 6 nitrogen and oxygen atoms in total. The number of carbonyl (C=O) groups is 1. The molecule has 2 aromatic heterocycles. The maximum atomic E-state index is 12.7. The lowest BCUT2D eigenvalue weighted by molar-refractivity contribution is 0.0910. The fourth-order valence-electron chi connectivity index (χ4n) is 2.78. The van der Waals surface area contributed by atoms with Crippen LogP contribution >= 0.6 is 36.6 Å². The molecular formula is C17H24Cl2N4O2S. The van der Waals surface area contributed by atoms with Crippen molar-refractivity contribution in [3.63, 3.8) is 0 Å². The third-order valence-corrected chi connectivity index (χ3v) is 5.19. The van der Waals surface area contributed by atoms with Crippen LogP contribution in [0.15, 0.2) is 33.9 Å². The van der Waals surface area contributed by atoms with Gasteiger partial charge in [0.2, 0.25) is 0 Å². The van der Waals surface area contributed by atoms with Crippen molar-refractivity contribution in [3.8, 4) is 0 Å². The second kappa shape index (κ2) is 10.8. The number of amides is 1. The molecule has 1 saturated heterocycles. The van der Waals surface area contributed by atoms with Crippen LogP contribution in [-0.2, 0) is 5.75 Å². The monoisotopic (exact) mass is 418 g/mol. The summed E-state index contributed by atoms with van der Waals surface area (Å²) >= 11 is 1.50. The molecule has 26 heavy (non-hydrogen) atoms. The molecule has 144 valence electrons. The van der Waals surface area contributed by atoms with E-state index in [9.17, 15) is 4.79 Å². The number of aryl methyl sites for hydroxylation is 1. The molecule has 0 aliphatic carbocycles. The summed E-state index contributed by atoms with van der Waals surface area (Å²) in [5.74, 6) is 1.78. The third-order valence-electron chi connectivity index (χ3n) is 4.15. The zero-order valence-electron chi connectivity index (χ0n) is 14.7. The lowest BCUT2D eigenvalue weighted by Gasteiger charge is -2.30. The van der Waals surface area contributed by atoms with Crippen molar-refractivity contribution < 1.29 is 9.32 Å². The largest absolute Gasteiger partial charge is 0.361 e. The number of hydrogen-bond acceptors (Lipinski definition) is 6. The standard InChI is InChI=1S/C17H22N4O2S.2ClH/c1-11-9-18-7-5-15(11)20-16(22)14-4-3-6-19-17(14)24-10-13-8-12(2)23-21-13;;/h3-4,6,8,11,15,18H,5,7,9-10H2,1-2H3,(H,20,22);2*1H. The van der Waals surface area contributed by atoms with Crippen molar-refractivity contribution in [2.24, 2.45) is 5.92 Å². The Balaban J connectivity index is 0.00000169. The van der Waals surface area contributed by atoms with Crippen molar-refractivity contribution in [3.05, 3.63) is 41.4 Å². The van der Waals surface area contributed by atoms with Gasteiger partial charge >= 0.3 is 0 Å². The highest BCUT2D eigenvalue weighted by Gasteiger charge is 2.24. The van der Waals surface area contributed by atoms with Gasteiger partial charge < -0.3 is 15.2 Å². The van der Waals surface area contributed by atoms with Crippen LogP contribution in [0.5, 0.6) is 0 Å². The van der Waals surface area contributed by atoms with Crippen molar-refractivity contribution in [1.29, 1.82) is 0 Å². The first-order valence-electron chi connectivity index (χ1n) is 8.15. The third kappa shape index (κ3) is 5.87. The molecule has 1 aliphatic rings. The Morgan fingerprint density at radius 2 is 2.27 bits per heavy atom. The minimum Gasteiger partial charge on any atom is -0.361 e. The highest BCUT2D eigenvalue weighted by Crippen LogP contribution is 2.24. The molecule has 0 aromatic carbocycles. The summed E-state index contributed by atoms with van der Waals surface area (Å²) in [4.78, 5) is 17.0. The molecule has 9 heteroatoms. The van der Waals surface area contributed by atoms with E-state index in [1.807, 2.05) is 19.1 Å². The van der Waals surface area contributed by atoms with Gasteiger partial charge in [-0.25, -0.2) is 4.98 Å². The van der Waals surface area contributed by atoms with Crippen LogP contribution in [0, 0.1) is 12.8 Å². The lowest BCUT2D eigenvalue weighted by atomic mass is 9.95. The van der Waals surface area contributed by atoms with E-state index in [0.29, 0.717) is 17.2 Å². The molecule has 2 unspecified atom stereocenters. The number of piperidine rings is 1. The number of rotatable bonds is 5. The first kappa shape index (κ1) is 22.8. The van der Waals surface area contributed by atoms with Crippen molar-refractivity contribution in [2.75, 3.05) is 13.1 Å². The zero-order valence-corrected chi connectivity index (χ0v) is 17.2. The number of pyridine rings is 1. The molecule has 0 radical (unpaired) electrons. The summed E-state index contributed by atoms with van der Waals surface area (Å²) < 4.78 is 5.07. The molecule has 1 amide bonds. The van der Waals surface area contributed by atoms with Gasteiger partial charge in [-0.1, -0.05) is 23.8 Å². The average Bonchev–Trinajstić information content (AvgIpc) is 3.01. The SMILES string of the molecule is Cc1cc(CSc2ncccc2C(=O)NC2CCNCC2C)no1.Cl.Cl. The van der Waals surface area contributed by atoms with Crippen LogP contribution in [0.1, 0.15) is 35.2 Å². The summed E-state index contributed by atoms with van der Waals surface area (Å²) in [6, 6.07) is 5.72. The number of carbonyl (C=O) groups excluding carboxylic acids is 1. The predicted molar refractivity (Wildman–Crippen MR) is 107 cm³/mol. The number of halogens is 2. The summed E-state index contributed by atoms with van der Waals surface area (Å²) in [5, 5.41) is 11.2. The van der Waals surface area contributed by atoms with E-state index in [1.165, 1.54) is 11.8 Å². The van der Waals surface area contributed by atoms with Crippen molar-refractivity contribution >= 4 is 42.5 Å². The molecule has 1 fully saturated rings. The normalized spacial score (nSPS) is 19.2. The highest BCUT2D eigenvalue weighted by molar-refractivity contribution is 7.98. The molecule has 1 aliphatic heterocycles. The maximum Gasteiger partial charge on any atom is 0.254 e. The Kier molecular flexibility index (Phi) is 9.43. The van der Waals surface area contributed by atoms with Crippen LogP contribution in [0.2, 0.25) is 0 Å². The predicted octanol–water partition coefficient (Wildman–Crippen LogP) is 3.24. The van der Waals surface area contributed by atoms with Gasteiger partial charge in [0.1, 0.15) is 10.8 Å². The van der Waals surface area contributed by atoms with E-state index in [0.717, 1.165) is 36.0 Å². The highest BCUT2D eigenvalue weighted by atomic mass is 35.5. The Bertz CT molecular complexity index is 714. The second-order valence-electron chi connectivity index (χ2n) is 6.12. The number of nitrogens with one attached hydrogen (secondary N) is 2. The van der Waals surface area contributed by atoms with Gasteiger partial charge in [0, 0.05) is 24.1 Å². The Morgan fingerprint density at radius 1 is 1.46 bits per heavy atom. The molecule has 3 heterocycles. The minimum absolute atomic E-state index is 0. The number of nitrogens with zero attached hydrogens (tertiary/aromatic N) is 2. The quantitative estimate of drug-likeness (QED) is 0.725. The fraction of sp³-hybridized carbons (Fsp3) is 0.471. The van der Waals surface area contributed by atoms with E-state index in [4.69, 9.17) is 4.52 Å². The van der Waals surface area contributed by atoms with E-state index < -0.39 is 0 Å². The smallest absolute Gasteiger partial charge is 0.254 e. The molecule has 2 N–H and O–H groups in total. The van der Waals surface area contributed by atoms with Gasteiger partial charge in [-0.2, -0.15) is 0 Å². The maximum absolute atomic E-state index is 12.7. The van der Waals surface area contributed by atoms with Gasteiger partial charge in [0.15, 0.2) is 0 Å². The number of thioether (sulfide) groups is 1. The fourth-order valence-corrected chi connectivity index (χ4v) is 3.65. The van der Waals surface area contributed by atoms with Crippen LogP contribution in [-0.4, -0.2) is 35.2 Å². The van der Waals surface area contributed by atoms with E-state index in [2.05, 4.69) is 27.7 Å². The molecule has 2 atom stereocenters. The zero-order chi connectivity index (χ0) is 16.9. The Hall–Kier alpha value is -1.28. The summed E-state index contributed by atoms with van der Waals surface area (Å²) in [7, 11) is 0. The van der Waals surface area contributed by atoms with Gasteiger partial charge in [-0.3, -0.25) is 4.79 Å². The topological polar surface area (TPSA) is 80.0 Å². The Morgan fingerprint density at radius 3 is 2.96 bits per heavy atom. The average molecular weight is 419 g/mol. The molecule has 0 bridgehead atoms. The number of hydrogen-bond donors (Lipinski definition) is 2. The molecule has 0 spiro atoms. The van der Waals surface area contributed by atoms with Crippen LogP contribution in [0.3, 0.4) is 0 Å². The molecule has 3 rings (SSSR count). The van der Waals surface area contributed by atoms with Crippen LogP contribution < -0.4 is 10.6 Å². The van der Waals surface area contributed by atoms with E-state index >= 15 is 0 Å². The lowest BCUT2D eigenvalue weighted by Crippen LogP contribution is -2.48. The van der Waals surface area contributed by atoms with Crippen molar-refractivity contribution in [2.45, 2.75) is 37.1 Å². The van der Waals surface area contributed by atoms with Gasteiger partial charge in [0.25, 0.3) is 5.91 Å². The second-order valence-corrected chi connectivity index (χ2v) is 7.09. The molecular weight excluding hydrogens is 395 g/mol. The van der Waals surface area contributed by atoms with Crippen molar-refractivity contribution in [1.82, 2.24) is 20.8 Å². The first-order chi connectivity index (χ1) is 11.6. The van der Waals surface area contributed by atoms with Gasteiger partial charge in [-0.15, -0.1) is 24.8 Å². The summed E-state index contributed by atoms with van der Waals surface area (Å²) in [5.41, 5.74) is 1.47. The van der Waals surface area contributed by atoms with E-state index in [-0.39, 0.29) is 36.8 Å². The molecule has 2 aromatic rings. The van der Waals surface area contributed by atoms with Gasteiger partial charge in [-0.05, 0) is 44.5 Å². The van der Waals surface area contributed by atoms with Gasteiger partial charge in [0.05, 0.1) is 11.3 Å². The first-order valence-corrected chi connectivity index (χ1v) is 9.13. The summed E-state index contributed by atoms with van der Waals surface area (Å²) in [6.45, 7) is 5.89. The number of aromatic nitrogens is 2. The minimum atomic E-state index is -0.0549. The van der Waals surface area contributed by atoms with E-state index in [1.54, 1.807) is 12.3 Å². The Labute approximate surface area is 170 Å². The van der Waals surface area contributed by atoms with Crippen LogP contribution in [0.25, 0.3) is 0 Å². The summed E-state index contributed by atoms with van der Waals surface area (Å²) in [6.07, 6.45) is 2.66.